The highest BCUT2D eigenvalue weighted by molar-refractivity contribution is 6.34. The van der Waals surface area contributed by atoms with Crippen LogP contribution in [-0.4, -0.2) is 75.1 Å². The summed E-state index contributed by atoms with van der Waals surface area (Å²) in [6, 6.07) is 7.68. The highest BCUT2D eigenvalue weighted by Crippen LogP contribution is 2.58. The molecule has 2 aromatic rings. The lowest BCUT2D eigenvalue weighted by Crippen LogP contribution is -2.85. The lowest BCUT2D eigenvalue weighted by molar-refractivity contribution is -0.384. The van der Waals surface area contributed by atoms with Crippen molar-refractivity contribution in [2.45, 2.75) is 83.3 Å². The molecule has 0 aromatic heterocycles. The number of nitro groups is 1. The molecule has 2 fully saturated rings. The molecule has 13 nitrogen and oxygen atoms in total. The van der Waals surface area contributed by atoms with Crippen molar-refractivity contribution in [2.24, 2.45) is 34.1 Å². The summed E-state index contributed by atoms with van der Waals surface area (Å²) in [7, 11) is 2.96. The van der Waals surface area contributed by atoms with E-state index in [0.717, 1.165) is 0 Å². The van der Waals surface area contributed by atoms with Crippen molar-refractivity contribution in [3.05, 3.63) is 57.1 Å². The fourth-order valence-corrected chi connectivity index (χ4v) is 8.55. The number of carbonyl (C=O) groups excluding carboxylic acids is 5. The van der Waals surface area contributed by atoms with Gasteiger partial charge in [0.25, 0.3) is 5.69 Å². The van der Waals surface area contributed by atoms with E-state index in [2.05, 4.69) is 0 Å². The molecule has 2 saturated carbocycles. The molecule has 13 heteroatoms. The Hall–Kier alpha value is -4.64. The van der Waals surface area contributed by atoms with Gasteiger partial charge in [-0.2, -0.15) is 5.26 Å². The van der Waals surface area contributed by atoms with E-state index in [4.69, 9.17) is 11.5 Å². The van der Waals surface area contributed by atoms with Gasteiger partial charge in [-0.1, -0.05) is 53.7 Å². The lowest BCUT2D eigenvalue weighted by atomic mass is 9.42. The molecule has 0 heterocycles. The van der Waals surface area contributed by atoms with Gasteiger partial charge in [0.1, 0.15) is 17.6 Å². The number of Topliss-reactive ketones (excluding diaryl/α,β-unsaturated/α-hetero) is 5. The Labute approximate surface area is 290 Å². The second kappa shape index (κ2) is 11.4. The SMILES string of the molecule is CN(C)[C@@H]1C(=O)C(C(=O)CC(C)(C)C)C(=O)[C@@]2(C#N)C(=O)C3C(=O)c4c(O)c(C(C)(C)C)cc(-c5cccc([N+](=O)[O-])c5)c4C[C@@]3(N)C[C@@]12N. The fraction of sp³-hybridized carbons (Fsp3) is 0.514. The number of nitro benzene ring substituents is 1. The lowest BCUT2D eigenvalue weighted by Gasteiger charge is -2.61. The van der Waals surface area contributed by atoms with Crippen molar-refractivity contribution in [3.63, 3.8) is 0 Å². The summed E-state index contributed by atoms with van der Waals surface area (Å²) in [5.74, 6) is -9.31. The van der Waals surface area contributed by atoms with E-state index in [0.29, 0.717) is 16.7 Å². The van der Waals surface area contributed by atoms with Gasteiger partial charge in [-0.15, -0.1) is 0 Å². The summed E-state index contributed by atoms with van der Waals surface area (Å²) in [4.78, 5) is 84.6. The van der Waals surface area contributed by atoms with Gasteiger partial charge in [0, 0.05) is 29.7 Å². The normalized spacial score (nSPS) is 29.6. The standard InChI is InChI=1S/C37H43N5O8/c1-33(2,3)15-23(43)25-29(46)30(41(7)8)37(40)16-35(39)14-21-20(18-10-9-11-19(12-18)42(49)50)13-22(34(4,5)6)27(44)24(21)28(45)26(35)32(48)36(37,17-38)31(25)47/h9-13,25-26,30,44H,14-16,39-40H2,1-8H3/t25?,26?,30-,35-,36+,37-/m1/s1. The first-order valence-electron chi connectivity index (χ1n) is 16.4. The van der Waals surface area contributed by atoms with Crippen LogP contribution >= 0.6 is 0 Å². The molecular weight excluding hydrogens is 642 g/mol. The number of ketones is 5. The quantitative estimate of drug-likeness (QED) is 0.234. The molecule has 50 heavy (non-hydrogen) atoms. The van der Waals surface area contributed by atoms with Crippen molar-refractivity contribution >= 4 is 34.6 Å². The molecule has 2 unspecified atom stereocenters. The number of nitrogens with zero attached hydrogens (tertiary/aromatic N) is 3. The van der Waals surface area contributed by atoms with Crippen molar-refractivity contribution < 1.29 is 34.0 Å². The van der Waals surface area contributed by atoms with Gasteiger partial charge in [0.05, 0.1) is 28.1 Å². The highest BCUT2D eigenvalue weighted by atomic mass is 16.6. The average Bonchev–Trinajstić information content (AvgIpc) is 2.94. The second-order valence-corrected chi connectivity index (χ2v) is 16.7. The number of carbonyl (C=O) groups is 5. The fourth-order valence-electron chi connectivity index (χ4n) is 8.55. The van der Waals surface area contributed by atoms with E-state index in [1.165, 1.54) is 37.2 Å². The first-order valence-corrected chi connectivity index (χ1v) is 16.4. The Morgan fingerprint density at radius 2 is 1.70 bits per heavy atom. The molecule has 0 saturated heterocycles. The molecule has 6 atom stereocenters. The molecule has 0 amide bonds. The van der Waals surface area contributed by atoms with Crippen LogP contribution < -0.4 is 11.5 Å². The van der Waals surface area contributed by atoms with Crippen LogP contribution in [0.3, 0.4) is 0 Å². The zero-order valence-electron chi connectivity index (χ0n) is 29.5. The van der Waals surface area contributed by atoms with Crippen LogP contribution in [0.1, 0.15) is 75.9 Å². The summed E-state index contributed by atoms with van der Waals surface area (Å²) in [6.45, 7) is 10.6. The van der Waals surface area contributed by atoms with Gasteiger partial charge in [-0.05, 0) is 60.5 Å². The molecule has 5 N–H and O–H groups in total. The monoisotopic (exact) mass is 685 g/mol. The minimum atomic E-state index is -2.81. The number of nitrogens with two attached hydrogens (primary N) is 2. The number of hydrogen-bond donors (Lipinski definition) is 3. The third kappa shape index (κ3) is 5.11. The molecule has 264 valence electrons. The molecule has 0 spiro atoms. The third-order valence-corrected chi connectivity index (χ3v) is 10.5. The summed E-state index contributed by atoms with van der Waals surface area (Å²) in [5, 5.41) is 34.3. The number of fused-ring (bicyclic) bond motifs is 3. The van der Waals surface area contributed by atoms with Crippen LogP contribution in [0.4, 0.5) is 5.69 Å². The highest BCUT2D eigenvalue weighted by Gasteiger charge is 2.78. The zero-order chi connectivity index (χ0) is 37.7. The number of benzene rings is 2. The minimum Gasteiger partial charge on any atom is -0.507 e. The topological polar surface area (TPSA) is 228 Å². The number of hydrogen-bond acceptors (Lipinski definition) is 12. The minimum absolute atomic E-state index is 0.203. The number of aromatic hydroxyl groups is 1. The second-order valence-electron chi connectivity index (χ2n) is 16.7. The van der Waals surface area contributed by atoms with E-state index in [1.54, 1.807) is 53.7 Å². The summed E-state index contributed by atoms with van der Waals surface area (Å²) >= 11 is 0. The van der Waals surface area contributed by atoms with Gasteiger partial charge < -0.3 is 16.6 Å². The smallest absolute Gasteiger partial charge is 0.270 e. The summed E-state index contributed by atoms with van der Waals surface area (Å²) < 4.78 is 0. The van der Waals surface area contributed by atoms with Crippen LogP contribution in [0.15, 0.2) is 30.3 Å². The van der Waals surface area contributed by atoms with Crippen molar-refractivity contribution in [1.29, 1.82) is 5.26 Å². The van der Waals surface area contributed by atoms with Gasteiger partial charge in [0.2, 0.25) is 0 Å². The van der Waals surface area contributed by atoms with E-state index in [-0.39, 0.29) is 29.7 Å². The van der Waals surface area contributed by atoms with Crippen LogP contribution in [-0.2, 0) is 31.0 Å². The van der Waals surface area contributed by atoms with Crippen molar-refractivity contribution in [1.82, 2.24) is 4.90 Å². The van der Waals surface area contributed by atoms with E-state index < -0.39 is 91.2 Å². The van der Waals surface area contributed by atoms with Crippen LogP contribution in [0, 0.1) is 44.1 Å². The Kier molecular flexibility index (Phi) is 8.39. The van der Waals surface area contributed by atoms with E-state index in [9.17, 15) is 44.5 Å². The van der Waals surface area contributed by atoms with E-state index in [1.807, 2.05) is 6.07 Å². The third-order valence-electron chi connectivity index (χ3n) is 10.5. The number of non-ortho nitro benzene ring substituents is 1. The summed E-state index contributed by atoms with van der Waals surface area (Å²) in [6.07, 6.45) is -1.02. The zero-order valence-corrected chi connectivity index (χ0v) is 29.5. The van der Waals surface area contributed by atoms with Gasteiger partial charge >= 0.3 is 0 Å². The molecule has 0 radical (unpaired) electrons. The first-order chi connectivity index (χ1) is 22.9. The number of nitriles is 1. The Balaban J connectivity index is 1.81. The Morgan fingerprint density at radius 3 is 2.22 bits per heavy atom. The molecule has 0 aliphatic heterocycles. The predicted molar refractivity (Wildman–Crippen MR) is 182 cm³/mol. The molecule has 0 bridgehead atoms. The van der Waals surface area contributed by atoms with Gasteiger partial charge in [-0.25, -0.2) is 0 Å². The Bertz CT molecular complexity index is 1950. The summed E-state index contributed by atoms with van der Waals surface area (Å²) in [5.41, 5.74) is 6.48. The van der Waals surface area contributed by atoms with Crippen molar-refractivity contribution in [2.75, 3.05) is 14.1 Å². The molecule has 3 aliphatic rings. The number of rotatable bonds is 5. The maximum atomic E-state index is 15.0. The van der Waals surface area contributed by atoms with Gasteiger partial charge in [0.15, 0.2) is 34.3 Å². The molecular formula is C37H43N5O8. The van der Waals surface area contributed by atoms with Gasteiger partial charge in [-0.3, -0.25) is 39.0 Å². The molecule has 5 rings (SSSR count). The maximum Gasteiger partial charge on any atom is 0.270 e. The average molecular weight is 686 g/mol. The Morgan fingerprint density at radius 1 is 1.08 bits per heavy atom. The number of phenols is 1. The molecule has 2 aromatic carbocycles. The van der Waals surface area contributed by atoms with Crippen molar-refractivity contribution in [3.8, 4) is 22.9 Å². The predicted octanol–water partition coefficient (Wildman–Crippen LogP) is 3.20. The van der Waals surface area contributed by atoms with Crippen LogP contribution in [0.25, 0.3) is 11.1 Å². The number of likely N-dealkylation sites (N-methyl/N-ethyl adjacent to an activating group) is 1. The number of phenolic OH excluding ortho intramolecular Hbond substituents is 1. The largest absolute Gasteiger partial charge is 0.507 e. The van der Waals surface area contributed by atoms with Crippen LogP contribution in [0.2, 0.25) is 0 Å². The first kappa shape index (κ1) is 36.6. The maximum absolute atomic E-state index is 15.0. The van der Waals surface area contributed by atoms with E-state index >= 15 is 0 Å². The molecule has 3 aliphatic carbocycles. The van der Waals surface area contributed by atoms with Crippen LogP contribution in [0.5, 0.6) is 5.75 Å².